The molecular weight excluding hydrogens is 380 g/mol. The first-order valence-corrected chi connectivity index (χ1v) is 10.1. The van der Waals surface area contributed by atoms with Crippen LogP contribution in [0.3, 0.4) is 0 Å². The first-order valence-electron chi connectivity index (χ1n) is 8.84. The van der Waals surface area contributed by atoms with Gasteiger partial charge >= 0.3 is 12.2 Å². The third kappa shape index (κ3) is 8.65. The van der Waals surface area contributed by atoms with Gasteiger partial charge in [0.1, 0.15) is 17.0 Å². The van der Waals surface area contributed by atoms with Gasteiger partial charge in [0.15, 0.2) is 5.17 Å². The van der Waals surface area contributed by atoms with Crippen molar-refractivity contribution in [2.75, 3.05) is 13.4 Å². The number of hydrogen-bond acceptors (Lipinski definition) is 6. The van der Waals surface area contributed by atoms with Crippen molar-refractivity contribution in [2.45, 2.75) is 59.3 Å². The summed E-state index contributed by atoms with van der Waals surface area (Å²) in [6, 6.07) is 7.27. The highest BCUT2D eigenvalue weighted by molar-refractivity contribution is 8.13. The van der Waals surface area contributed by atoms with E-state index in [2.05, 4.69) is 4.99 Å². The number of amidine groups is 1. The second-order valence-electron chi connectivity index (χ2n) is 7.99. The molecule has 0 N–H and O–H groups in total. The minimum atomic E-state index is -0.764. The van der Waals surface area contributed by atoms with Crippen LogP contribution in [0.15, 0.2) is 29.3 Å². The number of thioether (sulfide) groups is 1. The molecule has 0 spiro atoms. The molecule has 0 atom stereocenters. The minimum absolute atomic E-state index is 0.182. The summed E-state index contributed by atoms with van der Waals surface area (Å²) in [5.74, 6) is 0.708. The molecule has 7 nitrogen and oxygen atoms in total. The smallest absolute Gasteiger partial charge is 0.436 e. The van der Waals surface area contributed by atoms with Gasteiger partial charge in [-0.25, -0.2) is 9.59 Å². The van der Waals surface area contributed by atoms with E-state index in [9.17, 15) is 9.59 Å². The summed E-state index contributed by atoms with van der Waals surface area (Å²) in [7, 11) is 1.58. The van der Waals surface area contributed by atoms with Crippen LogP contribution in [-0.4, -0.2) is 46.8 Å². The van der Waals surface area contributed by atoms with Gasteiger partial charge in [0.05, 0.1) is 13.7 Å². The molecule has 0 aliphatic carbocycles. The zero-order chi connectivity index (χ0) is 21.5. The Hall–Kier alpha value is -2.22. The lowest BCUT2D eigenvalue weighted by molar-refractivity contribution is 0.0363. The molecule has 1 rings (SSSR count). The number of carbonyl (C=O) groups excluding carboxylic acids is 2. The predicted octanol–water partition coefficient (Wildman–Crippen LogP) is 5.09. The highest BCUT2D eigenvalue weighted by Crippen LogP contribution is 2.19. The monoisotopic (exact) mass is 410 g/mol. The molecule has 8 heteroatoms. The number of benzene rings is 1. The first kappa shape index (κ1) is 23.8. The molecule has 0 radical (unpaired) electrons. The van der Waals surface area contributed by atoms with Crippen molar-refractivity contribution >= 4 is 29.1 Å². The van der Waals surface area contributed by atoms with Crippen molar-refractivity contribution in [1.29, 1.82) is 0 Å². The molecule has 0 fully saturated rings. The summed E-state index contributed by atoms with van der Waals surface area (Å²) in [4.78, 5) is 30.2. The second-order valence-corrected chi connectivity index (χ2v) is 8.77. The number of amides is 2. The molecule has 0 heterocycles. The average Bonchev–Trinajstić information content (AvgIpc) is 2.55. The molecule has 28 heavy (non-hydrogen) atoms. The maximum atomic E-state index is 12.8. The van der Waals surface area contributed by atoms with Gasteiger partial charge in [0.25, 0.3) is 0 Å². The molecule has 0 aliphatic heterocycles. The van der Waals surface area contributed by atoms with Gasteiger partial charge in [-0.3, -0.25) is 4.90 Å². The fourth-order valence-electron chi connectivity index (χ4n) is 2.02. The number of carbonyl (C=O) groups is 2. The van der Waals surface area contributed by atoms with E-state index in [0.29, 0.717) is 5.75 Å². The van der Waals surface area contributed by atoms with Crippen molar-refractivity contribution in [2.24, 2.45) is 4.99 Å². The highest BCUT2D eigenvalue weighted by atomic mass is 32.2. The lowest BCUT2D eigenvalue weighted by atomic mass is 10.2. The number of ether oxygens (including phenoxy) is 3. The van der Waals surface area contributed by atoms with Crippen LogP contribution in [0.2, 0.25) is 0 Å². The Kier molecular flexibility index (Phi) is 8.35. The minimum Gasteiger partial charge on any atom is -0.497 e. The molecular formula is C20H30N2O5S. The van der Waals surface area contributed by atoms with E-state index in [0.717, 1.165) is 17.3 Å². The predicted molar refractivity (Wildman–Crippen MR) is 112 cm³/mol. The zero-order valence-corrected chi connectivity index (χ0v) is 18.7. The molecule has 0 saturated carbocycles. The molecule has 0 unspecified atom stereocenters. The van der Waals surface area contributed by atoms with Crippen LogP contribution in [0.25, 0.3) is 0 Å². The number of rotatable bonds is 3. The maximum absolute atomic E-state index is 12.8. The van der Waals surface area contributed by atoms with E-state index >= 15 is 0 Å². The molecule has 1 aromatic carbocycles. The SMILES string of the molecule is COc1ccc(CN(C(=O)OC(C)(C)C)/C(=N/C(=O)OC(C)(C)C)SC)cc1. The Balaban J connectivity index is 3.18. The molecule has 0 saturated heterocycles. The third-order valence-electron chi connectivity index (χ3n) is 3.11. The van der Waals surface area contributed by atoms with Crippen LogP contribution < -0.4 is 4.74 Å². The van der Waals surface area contributed by atoms with Crippen molar-refractivity contribution < 1.29 is 23.8 Å². The highest BCUT2D eigenvalue weighted by Gasteiger charge is 2.27. The normalized spacial score (nSPS) is 12.4. The van der Waals surface area contributed by atoms with Crippen LogP contribution in [-0.2, 0) is 16.0 Å². The number of hydrogen-bond donors (Lipinski definition) is 0. The van der Waals surface area contributed by atoms with Crippen LogP contribution >= 0.6 is 11.8 Å². The van der Waals surface area contributed by atoms with Gasteiger partial charge in [-0.05, 0) is 65.5 Å². The average molecular weight is 411 g/mol. The molecule has 0 aromatic heterocycles. The molecule has 156 valence electrons. The molecule has 0 aliphatic rings. The van der Waals surface area contributed by atoms with Crippen molar-refractivity contribution in [1.82, 2.24) is 4.90 Å². The van der Waals surface area contributed by atoms with Crippen molar-refractivity contribution in [3.63, 3.8) is 0 Å². The zero-order valence-electron chi connectivity index (χ0n) is 17.9. The summed E-state index contributed by atoms with van der Waals surface area (Å²) in [5.41, 5.74) is -0.542. The number of aliphatic imine (C=N–C) groups is 1. The Bertz CT molecular complexity index is 703. The van der Waals surface area contributed by atoms with E-state index in [4.69, 9.17) is 14.2 Å². The van der Waals surface area contributed by atoms with Crippen LogP contribution in [0.1, 0.15) is 47.1 Å². The third-order valence-corrected chi connectivity index (χ3v) is 3.78. The van der Waals surface area contributed by atoms with Gasteiger partial charge < -0.3 is 14.2 Å². The summed E-state index contributed by atoms with van der Waals surface area (Å²) in [6.45, 7) is 10.8. The van der Waals surface area contributed by atoms with Gasteiger partial charge in [-0.1, -0.05) is 23.9 Å². The van der Waals surface area contributed by atoms with Crippen LogP contribution in [0.4, 0.5) is 9.59 Å². The fraction of sp³-hybridized carbons (Fsp3) is 0.550. The topological polar surface area (TPSA) is 77.4 Å². The van der Waals surface area contributed by atoms with E-state index in [1.54, 1.807) is 67.0 Å². The van der Waals surface area contributed by atoms with E-state index in [-0.39, 0.29) is 11.7 Å². The fourth-order valence-corrected chi connectivity index (χ4v) is 2.55. The summed E-state index contributed by atoms with van der Waals surface area (Å²) in [5, 5.41) is 0.194. The maximum Gasteiger partial charge on any atom is 0.436 e. The quantitative estimate of drug-likeness (QED) is 0.510. The number of methoxy groups -OCH3 is 1. The van der Waals surface area contributed by atoms with Gasteiger partial charge in [0, 0.05) is 0 Å². The molecule has 2 amide bonds. The first-order chi connectivity index (χ1) is 12.8. The Morgan fingerprint density at radius 2 is 1.54 bits per heavy atom. The lowest BCUT2D eigenvalue weighted by Gasteiger charge is -2.27. The van der Waals surface area contributed by atoms with Crippen LogP contribution in [0.5, 0.6) is 5.75 Å². The van der Waals surface area contributed by atoms with Gasteiger partial charge in [-0.15, -0.1) is 0 Å². The Morgan fingerprint density at radius 3 is 1.96 bits per heavy atom. The van der Waals surface area contributed by atoms with E-state index in [1.807, 2.05) is 12.1 Å². The standard InChI is InChI=1S/C20H30N2O5S/c1-19(2,3)26-17(23)21-16(28-8)22(18(24)27-20(4,5)6)13-14-9-11-15(25-7)12-10-14/h9-12H,13H2,1-8H3/b21-16-. The molecule has 0 bridgehead atoms. The van der Waals surface area contributed by atoms with Gasteiger partial charge in [-0.2, -0.15) is 4.99 Å². The lowest BCUT2D eigenvalue weighted by Crippen LogP contribution is -2.39. The summed E-state index contributed by atoms with van der Waals surface area (Å²) in [6.07, 6.45) is 0.370. The summed E-state index contributed by atoms with van der Waals surface area (Å²) >= 11 is 1.16. The summed E-state index contributed by atoms with van der Waals surface area (Å²) < 4.78 is 15.9. The Morgan fingerprint density at radius 1 is 1.00 bits per heavy atom. The number of nitrogens with zero attached hydrogens (tertiary/aromatic N) is 2. The largest absolute Gasteiger partial charge is 0.497 e. The van der Waals surface area contributed by atoms with Crippen LogP contribution in [0, 0.1) is 0 Å². The van der Waals surface area contributed by atoms with E-state index < -0.39 is 23.4 Å². The Labute approximate surface area is 171 Å². The van der Waals surface area contributed by atoms with Crippen molar-refractivity contribution in [3.8, 4) is 5.75 Å². The van der Waals surface area contributed by atoms with E-state index in [1.165, 1.54) is 4.90 Å². The van der Waals surface area contributed by atoms with Crippen molar-refractivity contribution in [3.05, 3.63) is 29.8 Å². The second kappa shape index (κ2) is 9.82. The molecule has 1 aromatic rings. The van der Waals surface area contributed by atoms with Gasteiger partial charge in [0.2, 0.25) is 0 Å².